The van der Waals surface area contributed by atoms with E-state index in [0.29, 0.717) is 63.5 Å². The Hall–Kier alpha value is -1.83. The molecule has 3 aliphatic carbocycles. The van der Waals surface area contributed by atoms with Crippen molar-refractivity contribution in [3.05, 3.63) is 58.7 Å². The van der Waals surface area contributed by atoms with Crippen LogP contribution in [-0.2, 0) is 4.79 Å². The average Bonchev–Trinajstić information content (AvgIpc) is 3.24. The summed E-state index contributed by atoms with van der Waals surface area (Å²) in [6.07, 6.45) is 15.3. The first-order valence-electron chi connectivity index (χ1n) is 15.2. The van der Waals surface area contributed by atoms with Crippen LogP contribution in [-0.4, -0.2) is 64.7 Å². The van der Waals surface area contributed by atoms with E-state index in [0.717, 1.165) is 35.8 Å². The van der Waals surface area contributed by atoms with Crippen molar-refractivity contribution < 1.29 is 25.2 Å². The molecule has 1 spiro atoms. The minimum atomic E-state index is -1.25. The number of aliphatic hydroxyl groups excluding tert-OH is 2. The zero-order valence-electron chi connectivity index (χ0n) is 25.2. The SMILES string of the molecule is C=C(/C=C/C=C(/CO)[C@@H]1CC[C@]23[C@H](/C(=C(/C)C=O)CC[C@]2(O)CCNC)[C@@H](CCO)CC[C@@]13O)CCC=C(C)C. The number of rotatable bonds is 13. The lowest BCUT2D eigenvalue weighted by Gasteiger charge is -2.65. The van der Waals surface area contributed by atoms with Gasteiger partial charge in [0.2, 0.25) is 0 Å². The van der Waals surface area contributed by atoms with E-state index < -0.39 is 16.6 Å². The number of hydrogen-bond acceptors (Lipinski definition) is 6. The lowest BCUT2D eigenvalue weighted by molar-refractivity contribution is -0.254. The topological polar surface area (TPSA) is 110 Å². The highest BCUT2D eigenvalue weighted by molar-refractivity contribution is 5.74. The molecular formula is C34H53NO5. The van der Waals surface area contributed by atoms with Crippen molar-refractivity contribution in [3.8, 4) is 0 Å². The molecule has 0 aromatic heterocycles. The predicted octanol–water partition coefficient (Wildman–Crippen LogP) is 4.95. The number of aldehydes is 1. The van der Waals surface area contributed by atoms with Crippen LogP contribution in [0.4, 0.5) is 0 Å². The number of aliphatic hydroxyl groups is 4. The van der Waals surface area contributed by atoms with Gasteiger partial charge in [-0.15, -0.1) is 0 Å². The highest BCUT2D eigenvalue weighted by Gasteiger charge is 2.74. The quantitative estimate of drug-likeness (QED) is 0.0952. The van der Waals surface area contributed by atoms with Crippen LogP contribution in [0.25, 0.3) is 0 Å². The van der Waals surface area contributed by atoms with Crippen LogP contribution < -0.4 is 5.32 Å². The van der Waals surface area contributed by atoms with Gasteiger partial charge in [0, 0.05) is 17.9 Å². The van der Waals surface area contributed by atoms with Crippen LogP contribution in [0.1, 0.15) is 85.0 Å². The van der Waals surface area contributed by atoms with Gasteiger partial charge in [0.15, 0.2) is 0 Å². The smallest absolute Gasteiger partial charge is 0.145 e. The fraction of sp³-hybridized carbons (Fsp3) is 0.676. The Bertz CT molecular complexity index is 1040. The molecule has 6 atom stereocenters. The summed E-state index contributed by atoms with van der Waals surface area (Å²) in [6, 6.07) is 0. The van der Waals surface area contributed by atoms with Gasteiger partial charge in [-0.3, -0.25) is 4.79 Å². The van der Waals surface area contributed by atoms with E-state index in [-0.39, 0.29) is 31.0 Å². The second-order valence-electron chi connectivity index (χ2n) is 12.7. The van der Waals surface area contributed by atoms with Crippen molar-refractivity contribution >= 4 is 6.29 Å². The molecule has 40 heavy (non-hydrogen) atoms. The van der Waals surface area contributed by atoms with Crippen molar-refractivity contribution in [2.75, 3.05) is 26.8 Å². The van der Waals surface area contributed by atoms with E-state index in [1.54, 1.807) is 0 Å². The third kappa shape index (κ3) is 6.03. The van der Waals surface area contributed by atoms with E-state index in [4.69, 9.17) is 0 Å². The summed E-state index contributed by atoms with van der Waals surface area (Å²) >= 11 is 0. The molecule has 0 saturated heterocycles. The van der Waals surface area contributed by atoms with Crippen LogP contribution in [0.2, 0.25) is 0 Å². The summed E-state index contributed by atoms with van der Waals surface area (Å²) in [5.74, 6) is -0.439. The van der Waals surface area contributed by atoms with Gasteiger partial charge in [0.25, 0.3) is 0 Å². The second kappa shape index (κ2) is 13.9. The molecule has 3 rings (SSSR count). The van der Waals surface area contributed by atoms with Crippen molar-refractivity contribution in [2.45, 2.75) is 96.2 Å². The monoisotopic (exact) mass is 555 g/mol. The number of allylic oxidation sites excluding steroid dienone is 8. The number of nitrogens with one attached hydrogen (secondary N) is 1. The van der Waals surface area contributed by atoms with Gasteiger partial charge in [0.1, 0.15) is 6.29 Å². The first kappa shape index (κ1) is 32.7. The fourth-order valence-corrected chi connectivity index (χ4v) is 8.55. The van der Waals surface area contributed by atoms with Crippen LogP contribution in [0.5, 0.6) is 0 Å². The minimum absolute atomic E-state index is 0.0333. The largest absolute Gasteiger partial charge is 0.396 e. The van der Waals surface area contributed by atoms with Gasteiger partial charge in [-0.05, 0) is 122 Å². The van der Waals surface area contributed by atoms with Crippen molar-refractivity contribution in [1.29, 1.82) is 0 Å². The van der Waals surface area contributed by atoms with Crippen molar-refractivity contribution in [1.82, 2.24) is 5.32 Å². The summed E-state index contributed by atoms with van der Waals surface area (Å²) in [4.78, 5) is 12.0. The van der Waals surface area contributed by atoms with Crippen LogP contribution >= 0.6 is 0 Å². The molecule has 224 valence electrons. The normalized spacial score (nSPS) is 35.3. The van der Waals surface area contributed by atoms with Crippen LogP contribution in [0.15, 0.2) is 58.7 Å². The number of carbonyl (C=O) groups excluding carboxylic acids is 1. The molecule has 0 amide bonds. The zero-order valence-corrected chi connectivity index (χ0v) is 25.2. The Morgan fingerprint density at radius 3 is 2.50 bits per heavy atom. The van der Waals surface area contributed by atoms with Gasteiger partial charge in [-0.25, -0.2) is 0 Å². The molecule has 3 saturated carbocycles. The molecule has 3 aliphatic rings. The molecule has 0 unspecified atom stereocenters. The van der Waals surface area contributed by atoms with E-state index in [1.807, 2.05) is 32.2 Å². The maximum atomic E-state index is 12.9. The van der Waals surface area contributed by atoms with E-state index in [2.05, 4.69) is 31.8 Å². The number of hydrogen-bond donors (Lipinski definition) is 5. The first-order valence-corrected chi connectivity index (χ1v) is 15.2. The van der Waals surface area contributed by atoms with E-state index >= 15 is 0 Å². The van der Waals surface area contributed by atoms with Gasteiger partial charge in [-0.2, -0.15) is 0 Å². The fourth-order valence-electron chi connectivity index (χ4n) is 8.55. The van der Waals surface area contributed by atoms with Gasteiger partial charge < -0.3 is 25.7 Å². The Balaban J connectivity index is 2.07. The molecule has 0 radical (unpaired) electrons. The third-order valence-corrected chi connectivity index (χ3v) is 10.4. The first-order chi connectivity index (χ1) is 19.0. The summed E-state index contributed by atoms with van der Waals surface area (Å²) in [5.41, 5.74) is 1.52. The molecule has 5 N–H and O–H groups in total. The Morgan fingerprint density at radius 2 is 1.88 bits per heavy atom. The van der Waals surface area contributed by atoms with Gasteiger partial charge in [0.05, 0.1) is 17.8 Å². The second-order valence-corrected chi connectivity index (χ2v) is 12.7. The van der Waals surface area contributed by atoms with Crippen molar-refractivity contribution in [3.63, 3.8) is 0 Å². The summed E-state index contributed by atoms with van der Waals surface area (Å²) < 4.78 is 0. The molecule has 0 aromatic rings. The summed E-state index contributed by atoms with van der Waals surface area (Å²) in [5, 5.41) is 49.1. The van der Waals surface area contributed by atoms with Gasteiger partial charge in [-0.1, -0.05) is 47.6 Å². The van der Waals surface area contributed by atoms with E-state index in [9.17, 15) is 25.2 Å². The van der Waals surface area contributed by atoms with E-state index in [1.165, 1.54) is 5.57 Å². The lowest BCUT2D eigenvalue weighted by Crippen LogP contribution is -2.70. The third-order valence-electron chi connectivity index (χ3n) is 10.4. The summed E-state index contributed by atoms with van der Waals surface area (Å²) in [6.45, 7) is 10.6. The molecule has 6 heteroatoms. The Morgan fingerprint density at radius 1 is 1.12 bits per heavy atom. The van der Waals surface area contributed by atoms with Crippen molar-refractivity contribution in [2.24, 2.45) is 23.2 Å². The highest BCUT2D eigenvalue weighted by atomic mass is 16.3. The maximum absolute atomic E-state index is 12.9. The average molecular weight is 556 g/mol. The summed E-state index contributed by atoms with van der Waals surface area (Å²) in [7, 11) is 1.87. The van der Waals surface area contributed by atoms with Crippen LogP contribution in [0, 0.1) is 23.2 Å². The predicted molar refractivity (Wildman–Crippen MR) is 162 cm³/mol. The standard InChI is InChI=1S/C34H53NO5/c1-24(2)8-6-9-25(3)10-7-11-28(23-38)30-14-17-33-31(27(15-21-36)12-18-34(30,33)40)29(26(4)22-37)13-16-32(33,39)19-20-35-5/h7-8,10-11,22,27,30-31,35-36,38-40H,3,6,9,12-21,23H2,1-2,4-5H3/b10-7+,28-11-,29-26-/t27-,30+,31+,32+,33+,34-/m1/s1. The molecular weight excluding hydrogens is 502 g/mol. The molecule has 0 aromatic carbocycles. The highest BCUT2D eigenvalue weighted by Crippen LogP contribution is 2.72. The molecule has 6 nitrogen and oxygen atoms in total. The molecule has 0 aliphatic heterocycles. The minimum Gasteiger partial charge on any atom is -0.396 e. The lowest BCUT2D eigenvalue weighted by atomic mass is 9.42. The Kier molecular flexibility index (Phi) is 11.3. The number of carbonyl (C=O) groups is 1. The molecule has 0 heterocycles. The zero-order chi connectivity index (χ0) is 29.6. The van der Waals surface area contributed by atoms with Crippen LogP contribution in [0.3, 0.4) is 0 Å². The molecule has 0 bridgehead atoms. The molecule has 3 fully saturated rings. The Labute approximate surface area is 241 Å². The van der Waals surface area contributed by atoms with Gasteiger partial charge >= 0.3 is 0 Å². The maximum Gasteiger partial charge on any atom is 0.145 e.